The Hall–Kier alpha value is -2.20. The third-order valence-corrected chi connectivity index (χ3v) is 3.73. The van der Waals surface area contributed by atoms with Gasteiger partial charge in [-0.3, -0.25) is 4.79 Å². The number of amides is 1. The summed E-state index contributed by atoms with van der Waals surface area (Å²) < 4.78 is 13.1. The third kappa shape index (κ3) is 3.11. The van der Waals surface area contributed by atoms with Gasteiger partial charge in [-0.05, 0) is 35.2 Å². The largest absolute Gasteiger partial charge is 0.353 e. The molecule has 1 atom stereocenters. The van der Waals surface area contributed by atoms with E-state index >= 15 is 0 Å². The van der Waals surface area contributed by atoms with Gasteiger partial charge < -0.3 is 10.6 Å². The number of rotatable bonds is 3. The molecule has 0 bridgehead atoms. The molecule has 0 aromatic heterocycles. The minimum atomic E-state index is -0.246. The molecular weight excluding hydrogens is 267 g/mol. The van der Waals surface area contributed by atoms with E-state index in [9.17, 15) is 9.18 Å². The van der Waals surface area contributed by atoms with Crippen molar-refractivity contribution < 1.29 is 9.18 Å². The van der Waals surface area contributed by atoms with Crippen molar-refractivity contribution in [2.75, 3.05) is 13.1 Å². The number of carbonyl (C=O) groups excluding carboxylic acids is 1. The van der Waals surface area contributed by atoms with Gasteiger partial charge in [0.15, 0.2) is 0 Å². The van der Waals surface area contributed by atoms with Crippen molar-refractivity contribution in [2.24, 2.45) is 0 Å². The van der Waals surface area contributed by atoms with Crippen molar-refractivity contribution in [2.45, 2.75) is 12.5 Å². The number of hydrogen-bond donors (Lipinski definition) is 2. The molecule has 4 heteroatoms. The lowest BCUT2D eigenvalue weighted by atomic mass is 9.94. The molecule has 1 heterocycles. The first kappa shape index (κ1) is 13.8. The zero-order chi connectivity index (χ0) is 14.7. The zero-order valence-electron chi connectivity index (χ0n) is 11.6. The summed E-state index contributed by atoms with van der Waals surface area (Å²) in [4.78, 5) is 11.9. The lowest BCUT2D eigenvalue weighted by Gasteiger charge is -2.24. The smallest absolute Gasteiger partial charge is 0.237 e. The quantitative estimate of drug-likeness (QED) is 0.906. The second kappa shape index (κ2) is 6.06. The summed E-state index contributed by atoms with van der Waals surface area (Å²) in [6, 6.07) is 14.2. The predicted octanol–water partition coefficient (Wildman–Crippen LogP) is 2.12. The molecule has 1 amide bonds. The first-order chi connectivity index (χ1) is 10.2. The number of carbonyl (C=O) groups is 1. The normalized spacial score (nSPS) is 18.3. The minimum Gasteiger partial charge on any atom is -0.353 e. The van der Waals surface area contributed by atoms with Gasteiger partial charge in [-0.25, -0.2) is 4.39 Å². The molecule has 0 spiro atoms. The first-order valence-electron chi connectivity index (χ1n) is 7.09. The summed E-state index contributed by atoms with van der Waals surface area (Å²) >= 11 is 0. The first-order valence-corrected chi connectivity index (χ1v) is 7.09. The molecule has 1 aliphatic heterocycles. The van der Waals surface area contributed by atoms with E-state index in [-0.39, 0.29) is 17.8 Å². The molecule has 0 saturated carbocycles. The summed E-state index contributed by atoms with van der Waals surface area (Å²) in [6.07, 6.45) is 0.624. The van der Waals surface area contributed by atoms with Crippen LogP contribution in [0.25, 0.3) is 11.1 Å². The van der Waals surface area contributed by atoms with Crippen LogP contribution in [0.2, 0.25) is 0 Å². The third-order valence-electron chi connectivity index (χ3n) is 3.73. The van der Waals surface area contributed by atoms with E-state index in [1.165, 1.54) is 12.1 Å². The van der Waals surface area contributed by atoms with Gasteiger partial charge in [0, 0.05) is 13.1 Å². The molecular formula is C17H17FN2O. The van der Waals surface area contributed by atoms with Crippen molar-refractivity contribution in [1.29, 1.82) is 0 Å². The Balaban J connectivity index is 1.89. The molecule has 2 aromatic carbocycles. The van der Waals surface area contributed by atoms with E-state index in [1.54, 1.807) is 12.1 Å². The van der Waals surface area contributed by atoms with Crippen molar-refractivity contribution >= 4 is 5.91 Å². The number of halogens is 1. The summed E-state index contributed by atoms with van der Waals surface area (Å²) in [6.45, 7) is 1.46. The van der Waals surface area contributed by atoms with E-state index in [1.807, 2.05) is 24.3 Å². The molecule has 21 heavy (non-hydrogen) atoms. The lowest BCUT2D eigenvalue weighted by molar-refractivity contribution is -0.124. The van der Waals surface area contributed by atoms with Crippen LogP contribution >= 0.6 is 0 Å². The Bertz CT molecular complexity index is 639. The number of hydrogen-bond acceptors (Lipinski definition) is 2. The van der Waals surface area contributed by atoms with Gasteiger partial charge >= 0.3 is 0 Å². The number of nitrogens with one attached hydrogen (secondary N) is 2. The molecule has 108 valence electrons. The average molecular weight is 284 g/mol. The maximum Gasteiger partial charge on any atom is 0.237 e. The monoisotopic (exact) mass is 284 g/mol. The topological polar surface area (TPSA) is 41.1 Å². The van der Waals surface area contributed by atoms with E-state index in [4.69, 9.17) is 0 Å². The van der Waals surface area contributed by atoms with Crippen molar-refractivity contribution in [3.8, 4) is 11.1 Å². The fourth-order valence-electron chi connectivity index (χ4n) is 2.64. The van der Waals surface area contributed by atoms with E-state index in [0.29, 0.717) is 13.0 Å². The fourth-order valence-corrected chi connectivity index (χ4v) is 2.64. The summed E-state index contributed by atoms with van der Waals surface area (Å²) in [5.41, 5.74) is 3.08. The maximum atomic E-state index is 13.1. The summed E-state index contributed by atoms with van der Waals surface area (Å²) in [5, 5.41) is 6.10. The van der Waals surface area contributed by atoms with Crippen LogP contribution in [-0.2, 0) is 11.2 Å². The minimum absolute atomic E-state index is 0.0372. The van der Waals surface area contributed by atoms with Crippen LogP contribution in [-0.4, -0.2) is 25.0 Å². The van der Waals surface area contributed by atoms with Crippen LogP contribution < -0.4 is 10.6 Å². The van der Waals surface area contributed by atoms with Gasteiger partial charge in [-0.15, -0.1) is 0 Å². The van der Waals surface area contributed by atoms with Crippen molar-refractivity contribution in [3.05, 3.63) is 59.9 Å². The Morgan fingerprint density at radius 3 is 2.57 bits per heavy atom. The molecule has 3 rings (SSSR count). The highest BCUT2D eigenvalue weighted by molar-refractivity contribution is 5.83. The van der Waals surface area contributed by atoms with E-state index in [0.717, 1.165) is 23.2 Å². The Morgan fingerprint density at radius 2 is 1.81 bits per heavy atom. The van der Waals surface area contributed by atoms with Crippen molar-refractivity contribution in [3.63, 3.8) is 0 Å². The van der Waals surface area contributed by atoms with Crippen LogP contribution in [0.4, 0.5) is 4.39 Å². The Kier molecular flexibility index (Phi) is 3.97. The standard InChI is InChI=1S/C17H17FN2O/c18-14-7-5-12(6-8-14)15-4-2-1-3-13(15)11-16-17(21)20-10-9-19-16/h1-8,16,19H,9-11H2,(H,20,21)/t16-/m1/s1. The van der Waals surface area contributed by atoms with Crippen LogP contribution in [0.15, 0.2) is 48.5 Å². The molecule has 1 fully saturated rings. The Labute approximate surface area is 123 Å². The van der Waals surface area contributed by atoms with Gasteiger partial charge in [0.2, 0.25) is 5.91 Å². The van der Waals surface area contributed by atoms with Gasteiger partial charge in [0.25, 0.3) is 0 Å². The van der Waals surface area contributed by atoms with Gasteiger partial charge in [0.1, 0.15) is 5.82 Å². The lowest BCUT2D eigenvalue weighted by Crippen LogP contribution is -2.53. The zero-order valence-corrected chi connectivity index (χ0v) is 11.6. The molecule has 1 aliphatic rings. The maximum absolute atomic E-state index is 13.1. The van der Waals surface area contributed by atoms with Crippen LogP contribution in [0.1, 0.15) is 5.56 Å². The average Bonchev–Trinajstić information content (AvgIpc) is 2.51. The molecule has 0 radical (unpaired) electrons. The highest BCUT2D eigenvalue weighted by Crippen LogP contribution is 2.25. The predicted molar refractivity (Wildman–Crippen MR) is 80.3 cm³/mol. The molecule has 3 nitrogen and oxygen atoms in total. The van der Waals surface area contributed by atoms with Gasteiger partial charge in [-0.1, -0.05) is 36.4 Å². The van der Waals surface area contributed by atoms with Crippen molar-refractivity contribution in [1.82, 2.24) is 10.6 Å². The molecule has 2 aromatic rings. The van der Waals surface area contributed by atoms with Crippen LogP contribution in [0.3, 0.4) is 0 Å². The number of benzene rings is 2. The fraction of sp³-hybridized carbons (Fsp3) is 0.235. The Morgan fingerprint density at radius 1 is 1.05 bits per heavy atom. The van der Waals surface area contributed by atoms with E-state index in [2.05, 4.69) is 10.6 Å². The molecule has 0 aliphatic carbocycles. The van der Waals surface area contributed by atoms with E-state index < -0.39 is 0 Å². The van der Waals surface area contributed by atoms with Crippen LogP contribution in [0, 0.1) is 5.82 Å². The highest BCUT2D eigenvalue weighted by Gasteiger charge is 2.22. The van der Waals surface area contributed by atoms with Gasteiger partial charge in [0.05, 0.1) is 6.04 Å². The SMILES string of the molecule is O=C1NCCN[C@@H]1Cc1ccccc1-c1ccc(F)cc1. The highest BCUT2D eigenvalue weighted by atomic mass is 19.1. The number of piperazine rings is 1. The van der Waals surface area contributed by atoms with Crippen LogP contribution in [0.5, 0.6) is 0 Å². The van der Waals surface area contributed by atoms with Gasteiger partial charge in [-0.2, -0.15) is 0 Å². The molecule has 1 saturated heterocycles. The second-order valence-corrected chi connectivity index (χ2v) is 5.17. The molecule has 0 unspecified atom stereocenters. The summed E-state index contributed by atoms with van der Waals surface area (Å²) in [5.74, 6) is -0.209. The summed E-state index contributed by atoms with van der Waals surface area (Å²) in [7, 11) is 0. The molecule has 2 N–H and O–H groups in total. The second-order valence-electron chi connectivity index (χ2n) is 5.17.